The topological polar surface area (TPSA) is 0 Å². The smallest absolute Gasteiger partial charge is 0 e. The molecule has 0 amide bonds. The fraction of sp³-hybridized carbons (Fsp3) is 0.615. The molecule has 0 atom stereocenters. The Hall–Kier alpha value is -0.431. The second-order valence-corrected chi connectivity index (χ2v) is 17.7. The molecular formula is C39H63Yb-3. The minimum atomic E-state index is 0. The van der Waals surface area contributed by atoms with Gasteiger partial charge in [0, 0.05) is 46.9 Å². The second kappa shape index (κ2) is 13.9. The second-order valence-electron chi connectivity index (χ2n) is 17.7. The summed E-state index contributed by atoms with van der Waals surface area (Å²) in [7, 11) is 0. The quantitative estimate of drug-likeness (QED) is 0.204. The molecule has 0 aliphatic heterocycles. The zero-order chi connectivity index (χ0) is 30.8. The van der Waals surface area contributed by atoms with Gasteiger partial charge < -0.3 is 0 Å². The van der Waals surface area contributed by atoms with E-state index in [0.29, 0.717) is 0 Å². The summed E-state index contributed by atoms with van der Waals surface area (Å²) < 4.78 is 0. The Kier molecular flexibility index (Phi) is 13.8. The van der Waals surface area contributed by atoms with Crippen LogP contribution in [0.3, 0.4) is 0 Å². The fourth-order valence-electron chi connectivity index (χ4n) is 4.13. The van der Waals surface area contributed by atoms with E-state index >= 15 is 0 Å². The van der Waals surface area contributed by atoms with Crippen LogP contribution in [0.1, 0.15) is 158 Å². The first-order chi connectivity index (χ1) is 17.1. The van der Waals surface area contributed by atoms with Crippen molar-refractivity contribution in [2.45, 2.75) is 157 Å². The molecule has 236 valence electrons. The zero-order valence-corrected chi connectivity index (χ0v) is 31.2. The first-order valence-electron chi connectivity index (χ1n) is 15.0. The van der Waals surface area contributed by atoms with Gasteiger partial charge in [-0.2, -0.15) is 69.8 Å². The van der Waals surface area contributed by atoms with Crippen LogP contribution in [0.4, 0.5) is 0 Å². The van der Waals surface area contributed by atoms with Gasteiger partial charge >= 0.3 is 0 Å². The summed E-state index contributed by atoms with van der Waals surface area (Å²) in [6, 6.07) is 20.5. The van der Waals surface area contributed by atoms with E-state index in [1.165, 1.54) is 33.4 Å². The average molecular weight is 705 g/mol. The molecule has 3 rings (SSSR count). The van der Waals surface area contributed by atoms with Crippen LogP contribution in [0.25, 0.3) is 0 Å². The van der Waals surface area contributed by atoms with E-state index in [1.54, 1.807) is 0 Å². The normalized spacial score (nSPS) is 13.1. The average Bonchev–Trinajstić information content (AvgIpc) is 3.45. The van der Waals surface area contributed by atoms with Gasteiger partial charge in [-0.25, -0.2) is 18.2 Å². The van der Waals surface area contributed by atoms with Crippen molar-refractivity contribution in [3.05, 3.63) is 88.0 Å². The molecule has 0 nitrogen and oxygen atoms in total. The molecule has 0 aliphatic rings. The van der Waals surface area contributed by atoms with Crippen LogP contribution in [0.15, 0.2) is 54.6 Å². The Balaban J connectivity index is 0.000000563. The Labute approximate surface area is 289 Å². The Morgan fingerprint density at radius 3 is 0.600 bits per heavy atom. The van der Waals surface area contributed by atoms with Gasteiger partial charge in [-0.3, -0.25) is 0 Å². The summed E-state index contributed by atoms with van der Waals surface area (Å²) in [6.07, 6.45) is 0. The van der Waals surface area contributed by atoms with Crippen molar-refractivity contribution in [2.75, 3.05) is 0 Å². The van der Waals surface area contributed by atoms with Crippen LogP contribution in [0, 0.1) is 46.9 Å². The molecule has 0 aliphatic carbocycles. The molecule has 40 heavy (non-hydrogen) atoms. The van der Waals surface area contributed by atoms with E-state index in [1.807, 2.05) is 0 Å². The SMILES string of the molecule is CC(C)(C)c1cc[c-](C(C)(C)C)c1.CC(C)(C)c1cc[c-](C(C)(C)C)c1.CC(C)(C)c1cc[c-](C(C)(C)C)c1.[Yb]. The molecular weight excluding hydrogens is 641 g/mol. The molecule has 0 unspecified atom stereocenters. The van der Waals surface area contributed by atoms with E-state index in [-0.39, 0.29) is 79.4 Å². The van der Waals surface area contributed by atoms with Gasteiger partial charge in [-0.15, -0.1) is 0 Å². The van der Waals surface area contributed by atoms with Gasteiger partial charge in [-0.05, 0) is 0 Å². The molecule has 0 aromatic heterocycles. The first-order valence-corrected chi connectivity index (χ1v) is 15.0. The van der Waals surface area contributed by atoms with Gasteiger partial charge in [0.15, 0.2) is 0 Å². The van der Waals surface area contributed by atoms with Crippen LogP contribution in [0.5, 0.6) is 0 Å². The van der Waals surface area contributed by atoms with Crippen LogP contribution in [0.2, 0.25) is 0 Å². The number of hydrogen-bond acceptors (Lipinski definition) is 0. The van der Waals surface area contributed by atoms with Crippen molar-refractivity contribution in [3.63, 3.8) is 0 Å². The molecule has 3 aromatic rings. The van der Waals surface area contributed by atoms with Gasteiger partial charge in [0.1, 0.15) is 0 Å². The van der Waals surface area contributed by atoms with Crippen molar-refractivity contribution >= 4 is 0 Å². The van der Waals surface area contributed by atoms with Crippen LogP contribution < -0.4 is 0 Å². The third-order valence-electron chi connectivity index (χ3n) is 7.46. The van der Waals surface area contributed by atoms with Crippen molar-refractivity contribution in [2.24, 2.45) is 0 Å². The summed E-state index contributed by atoms with van der Waals surface area (Å²) in [4.78, 5) is 0. The van der Waals surface area contributed by atoms with Crippen LogP contribution in [-0.4, -0.2) is 0 Å². The largest absolute Gasteiger partial charge is 0.210 e. The minimum absolute atomic E-state index is 0. The number of hydrogen-bond donors (Lipinski definition) is 0. The van der Waals surface area contributed by atoms with Crippen molar-refractivity contribution in [1.29, 1.82) is 0 Å². The fourth-order valence-corrected chi connectivity index (χ4v) is 4.13. The molecule has 0 bridgehead atoms. The van der Waals surface area contributed by atoms with E-state index in [0.717, 1.165) is 0 Å². The molecule has 0 fully saturated rings. The Morgan fingerprint density at radius 2 is 0.525 bits per heavy atom. The number of rotatable bonds is 0. The van der Waals surface area contributed by atoms with Gasteiger partial charge in [0.2, 0.25) is 0 Å². The van der Waals surface area contributed by atoms with Gasteiger partial charge in [0.25, 0.3) is 0 Å². The van der Waals surface area contributed by atoms with E-state index in [9.17, 15) is 0 Å². The maximum Gasteiger partial charge on any atom is 0 e. The van der Waals surface area contributed by atoms with Crippen molar-refractivity contribution in [1.82, 2.24) is 0 Å². The van der Waals surface area contributed by atoms with E-state index in [2.05, 4.69) is 179 Å². The third kappa shape index (κ3) is 12.8. The third-order valence-corrected chi connectivity index (χ3v) is 7.46. The van der Waals surface area contributed by atoms with E-state index in [4.69, 9.17) is 0 Å². The monoisotopic (exact) mass is 705 g/mol. The maximum absolute atomic E-state index is 2.33. The summed E-state index contributed by atoms with van der Waals surface area (Å²) in [5, 5.41) is 0. The molecule has 0 radical (unpaired) electrons. The zero-order valence-electron chi connectivity index (χ0n) is 29.5. The molecule has 0 N–H and O–H groups in total. The Morgan fingerprint density at radius 1 is 0.350 bits per heavy atom. The predicted octanol–water partition coefficient (Wildman–Crippen LogP) is 12.0. The summed E-state index contributed by atoms with van der Waals surface area (Å²) in [5.74, 6) is 0. The molecule has 0 saturated carbocycles. The molecule has 0 spiro atoms. The van der Waals surface area contributed by atoms with Crippen molar-refractivity contribution in [3.8, 4) is 0 Å². The summed E-state index contributed by atoms with van der Waals surface area (Å²) >= 11 is 0. The minimum Gasteiger partial charge on any atom is -0.210 e. The van der Waals surface area contributed by atoms with Gasteiger partial charge in [-0.1, -0.05) is 157 Å². The summed E-state index contributed by atoms with van der Waals surface area (Å²) in [6.45, 7) is 40.7. The van der Waals surface area contributed by atoms with E-state index < -0.39 is 0 Å². The molecule has 1 heteroatoms. The maximum atomic E-state index is 2.33. The molecule has 0 saturated heterocycles. The molecule has 0 heterocycles. The first kappa shape index (κ1) is 39.6. The van der Waals surface area contributed by atoms with Crippen LogP contribution in [-0.2, 0) is 32.5 Å². The van der Waals surface area contributed by atoms with Crippen LogP contribution >= 0.6 is 0 Å². The molecule has 3 aromatic carbocycles. The standard InChI is InChI=1S/3C13H21.Yb/c3*1-12(2,3)10-7-8-11(9-10)13(4,5)6;/h3*7-9H,1-6H3;/q3*-1;. The predicted molar refractivity (Wildman–Crippen MR) is 178 cm³/mol. The van der Waals surface area contributed by atoms with Crippen molar-refractivity contribution < 1.29 is 46.9 Å². The van der Waals surface area contributed by atoms with Gasteiger partial charge in [0.05, 0.1) is 0 Å². The Bertz CT molecular complexity index is 896. The summed E-state index contributed by atoms with van der Waals surface area (Å²) in [5.41, 5.74) is 10.3.